The van der Waals surface area contributed by atoms with Gasteiger partial charge >= 0.3 is 5.97 Å². The number of rotatable bonds is 8. The first-order valence-electron chi connectivity index (χ1n) is 7.59. The number of Topliss-reactive ketones (excluding diaryl/α,β-unsaturated/α-hetero) is 1. The van der Waals surface area contributed by atoms with E-state index in [1.54, 1.807) is 6.92 Å². The molecule has 1 heterocycles. The fourth-order valence-electron chi connectivity index (χ4n) is 2.15. The Balaban J connectivity index is 2.42. The van der Waals surface area contributed by atoms with Crippen LogP contribution in [-0.4, -0.2) is 37.4 Å². The molecule has 0 unspecified atom stereocenters. The quantitative estimate of drug-likeness (QED) is 0.298. The molecular weight excluding hydrogens is 284 g/mol. The molecule has 22 heavy (non-hydrogen) atoms. The Labute approximate surface area is 132 Å². The van der Waals surface area contributed by atoms with E-state index in [-0.39, 0.29) is 17.9 Å². The van der Waals surface area contributed by atoms with E-state index in [0.717, 1.165) is 18.4 Å². The van der Waals surface area contributed by atoms with Gasteiger partial charge in [0.25, 0.3) is 0 Å². The van der Waals surface area contributed by atoms with Crippen LogP contribution in [0.15, 0.2) is 23.8 Å². The maximum atomic E-state index is 11.7. The summed E-state index contributed by atoms with van der Waals surface area (Å²) in [4.78, 5) is 22.6. The van der Waals surface area contributed by atoms with Crippen LogP contribution in [0.4, 0.5) is 0 Å². The topological polar surface area (TPSA) is 61.8 Å². The van der Waals surface area contributed by atoms with E-state index in [4.69, 9.17) is 9.47 Å². The molecule has 1 aliphatic heterocycles. The zero-order valence-electron chi connectivity index (χ0n) is 13.9. The number of methoxy groups -OCH3 is 1. The molecule has 0 aliphatic carbocycles. The Morgan fingerprint density at radius 1 is 1.32 bits per heavy atom. The fraction of sp³-hybridized carbons (Fsp3) is 0.647. The first-order chi connectivity index (χ1) is 10.3. The first-order valence-corrected chi connectivity index (χ1v) is 7.59. The minimum atomic E-state index is -0.590. The number of hydrogen-bond acceptors (Lipinski definition) is 5. The van der Waals surface area contributed by atoms with Crippen LogP contribution in [0, 0.1) is 0 Å². The molecule has 0 saturated carbocycles. The van der Waals surface area contributed by atoms with E-state index in [0.29, 0.717) is 19.4 Å². The third-order valence-electron chi connectivity index (χ3n) is 3.35. The van der Waals surface area contributed by atoms with Crippen molar-refractivity contribution < 1.29 is 23.8 Å². The van der Waals surface area contributed by atoms with E-state index in [9.17, 15) is 9.59 Å². The summed E-state index contributed by atoms with van der Waals surface area (Å²) in [7, 11) is 1.39. The summed E-state index contributed by atoms with van der Waals surface area (Å²) >= 11 is 0. The van der Waals surface area contributed by atoms with Gasteiger partial charge in [-0.25, -0.2) is 0 Å². The highest BCUT2D eigenvalue weighted by Gasteiger charge is 2.31. The van der Waals surface area contributed by atoms with Crippen molar-refractivity contribution in [2.45, 2.75) is 58.3 Å². The van der Waals surface area contributed by atoms with Crippen LogP contribution in [0.25, 0.3) is 0 Å². The van der Waals surface area contributed by atoms with Crippen molar-refractivity contribution in [1.29, 1.82) is 0 Å². The van der Waals surface area contributed by atoms with E-state index in [1.807, 2.05) is 32.1 Å². The lowest BCUT2D eigenvalue weighted by molar-refractivity contribution is -0.140. The van der Waals surface area contributed by atoms with E-state index >= 15 is 0 Å². The van der Waals surface area contributed by atoms with Crippen LogP contribution in [0.2, 0.25) is 0 Å². The van der Waals surface area contributed by atoms with Crippen LogP contribution in [0.3, 0.4) is 0 Å². The Kier molecular flexibility index (Phi) is 7.48. The molecule has 1 aliphatic rings. The molecule has 0 spiro atoms. The van der Waals surface area contributed by atoms with Crippen molar-refractivity contribution >= 4 is 11.8 Å². The lowest BCUT2D eigenvalue weighted by Gasteiger charge is -2.16. The average molecular weight is 310 g/mol. The summed E-state index contributed by atoms with van der Waals surface area (Å²) in [6.45, 7) is 5.73. The van der Waals surface area contributed by atoms with Crippen molar-refractivity contribution in [2.24, 2.45) is 0 Å². The molecule has 1 atom stereocenters. The van der Waals surface area contributed by atoms with Crippen LogP contribution < -0.4 is 0 Å². The third kappa shape index (κ3) is 7.00. The highest BCUT2D eigenvalue weighted by Crippen LogP contribution is 2.24. The predicted octanol–water partition coefficient (Wildman–Crippen LogP) is 2.94. The van der Waals surface area contributed by atoms with Crippen molar-refractivity contribution in [3.05, 3.63) is 23.8 Å². The zero-order valence-corrected chi connectivity index (χ0v) is 13.9. The Bertz CT molecular complexity index is 448. The Hall–Kier alpha value is -1.46. The summed E-state index contributed by atoms with van der Waals surface area (Å²) in [6.07, 6.45) is 8.11. The number of allylic oxidation sites excluding steroid dienone is 3. The Morgan fingerprint density at radius 3 is 2.59 bits per heavy atom. The second-order valence-electron chi connectivity index (χ2n) is 5.76. The summed E-state index contributed by atoms with van der Waals surface area (Å²) in [5, 5.41) is 0. The zero-order chi connectivity index (χ0) is 16.6. The first kappa shape index (κ1) is 18.6. The number of hydrogen-bond donors (Lipinski definition) is 0. The molecule has 1 saturated heterocycles. The van der Waals surface area contributed by atoms with Gasteiger partial charge in [0.05, 0.1) is 13.7 Å². The number of ether oxygens (including phenoxy) is 3. The maximum Gasteiger partial charge on any atom is 0.305 e. The number of esters is 1. The second kappa shape index (κ2) is 8.86. The Morgan fingerprint density at radius 2 is 2.05 bits per heavy atom. The molecule has 0 bridgehead atoms. The number of unbranched alkanes of at least 4 members (excludes halogenated alkanes) is 1. The molecule has 0 aromatic rings. The summed E-state index contributed by atoms with van der Waals surface area (Å²) in [5.74, 6) is -0.751. The second-order valence-corrected chi connectivity index (χ2v) is 5.76. The molecule has 0 radical (unpaired) electrons. The van der Waals surface area contributed by atoms with Gasteiger partial charge in [0, 0.05) is 6.42 Å². The van der Waals surface area contributed by atoms with Crippen molar-refractivity contribution in [3.8, 4) is 0 Å². The largest absolute Gasteiger partial charge is 0.469 e. The van der Waals surface area contributed by atoms with Gasteiger partial charge in [0.15, 0.2) is 11.6 Å². The predicted molar refractivity (Wildman–Crippen MR) is 83.3 cm³/mol. The molecular formula is C17H26O5. The lowest BCUT2D eigenvalue weighted by atomic mass is 10.1. The standard InChI is InChI=1S/C17H26O5/c1-13(18)14(11-15-12-21-17(2,3)22-15)9-7-5-6-8-10-16(19)20-4/h5,7,11,15H,6,8-10,12H2,1-4H3/b7-5-,14-11-/t15-/m1/s1. The molecule has 1 fully saturated rings. The van der Waals surface area contributed by atoms with Gasteiger partial charge in [0.1, 0.15) is 6.10 Å². The highest BCUT2D eigenvalue weighted by atomic mass is 16.7. The molecule has 5 nitrogen and oxygen atoms in total. The van der Waals surface area contributed by atoms with Gasteiger partial charge in [-0.2, -0.15) is 0 Å². The van der Waals surface area contributed by atoms with Gasteiger partial charge < -0.3 is 14.2 Å². The van der Waals surface area contributed by atoms with Gasteiger partial charge in [-0.05, 0) is 51.7 Å². The van der Waals surface area contributed by atoms with E-state index in [1.165, 1.54) is 7.11 Å². The van der Waals surface area contributed by atoms with E-state index in [2.05, 4.69) is 4.74 Å². The van der Waals surface area contributed by atoms with Crippen LogP contribution >= 0.6 is 0 Å². The minimum absolute atomic E-state index is 0.0347. The van der Waals surface area contributed by atoms with Crippen LogP contribution in [0.5, 0.6) is 0 Å². The normalized spacial score (nSPS) is 21.3. The monoisotopic (exact) mass is 310 g/mol. The number of carbonyl (C=O) groups is 2. The maximum absolute atomic E-state index is 11.7. The van der Waals surface area contributed by atoms with Gasteiger partial charge in [-0.15, -0.1) is 0 Å². The lowest BCUT2D eigenvalue weighted by Crippen LogP contribution is -2.21. The summed E-state index contributed by atoms with van der Waals surface area (Å²) in [6, 6.07) is 0. The van der Waals surface area contributed by atoms with E-state index < -0.39 is 5.79 Å². The van der Waals surface area contributed by atoms with Crippen molar-refractivity contribution in [2.75, 3.05) is 13.7 Å². The van der Waals surface area contributed by atoms with Crippen molar-refractivity contribution in [1.82, 2.24) is 0 Å². The average Bonchev–Trinajstić information content (AvgIpc) is 2.79. The smallest absolute Gasteiger partial charge is 0.305 e. The number of carbonyl (C=O) groups excluding carboxylic acids is 2. The SMILES string of the molecule is COC(=O)CCC/C=C\C/C(=C/[C@@H]1COC(C)(C)O1)C(C)=O. The van der Waals surface area contributed by atoms with Gasteiger partial charge in [0.2, 0.25) is 0 Å². The van der Waals surface area contributed by atoms with Gasteiger partial charge in [-0.1, -0.05) is 12.2 Å². The number of ketones is 1. The molecule has 0 aromatic carbocycles. The van der Waals surface area contributed by atoms with Crippen LogP contribution in [-0.2, 0) is 23.8 Å². The fourth-order valence-corrected chi connectivity index (χ4v) is 2.15. The molecule has 0 N–H and O–H groups in total. The van der Waals surface area contributed by atoms with Gasteiger partial charge in [-0.3, -0.25) is 9.59 Å². The molecule has 0 amide bonds. The molecule has 124 valence electrons. The van der Waals surface area contributed by atoms with Crippen molar-refractivity contribution in [3.63, 3.8) is 0 Å². The summed E-state index contributed by atoms with van der Waals surface area (Å²) < 4.78 is 15.7. The molecule has 1 rings (SSSR count). The molecule has 0 aromatic heterocycles. The minimum Gasteiger partial charge on any atom is -0.469 e. The highest BCUT2D eigenvalue weighted by molar-refractivity contribution is 5.93. The molecule has 5 heteroatoms. The third-order valence-corrected chi connectivity index (χ3v) is 3.35. The van der Waals surface area contributed by atoms with Crippen LogP contribution in [0.1, 0.15) is 46.5 Å². The summed E-state index contributed by atoms with van der Waals surface area (Å²) in [5.41, 5.74) is 0.718.